The molecule has 0 saturated heterocycles. The summed E-state index contributed by atoms with van der Waals surface area (Å²) in [5, 5.41) is 14.5. The predicted molar refractivity (Wildman–Crippen MR) is 73.4 cm³/mol. The summed E-state index contributed by atoms with van der Waals surface area (Å²) in [5.74, 6) is 1.49. The van der Waals surface area contributed by atoms with Gasteiger partial charge in [0, 0.05) is 24.5 Å². The van der Waals surface area contributed by atoms with Gasteiger partial charge in [-0.15, -0.1) is 0 Å². The van der Waals surface area contributed by atoms with Crippen LogP contribution in [0.3, 0.4) is 0 Å². The summed E-state index contributed by atoms with van der Waals surface area (Å²) < 4.78 is 0. The Hall–Kier alpha value is -0.930. The summed E-state index contributed by atoms with van der Waals surface area (Å²) >= 11 is 0. The summed E-state index contributed by atoms with van der Waals surface area (Å²) in [6, 6.07) is 4.14. The van der Waals surface area contributed by atoms with E-state index in [0.29, 0.717) is 0 Å². The molecule has 1 aromatic rings. The molecule has 2 N–H and O–H groups in total. The molecule has 0 spiro atoms. The van der Waals surface area contributed by atoms with Gasteiger partial charge in [0.2, 0.25) is 0 Å². The van der Waals surface area contributed by atoms with Crippen molar-refractivity contribution in [3.05, 3.63) is 30.1 Å². The third-order valence-electron chi connectivity index (χ3n) is 5.45. The summed E-state index contributed by atoms with van der Waals surface area (Å²) in [6.45, 7) is 0.901. The second-order valence-corrected chi connectivity index (χ2v) is 7.17. The Bertz CT molecular complexity index is 459. The fourth-order valence-electron chi connectivity index (χ4n) is 5.21. The number of nitrogens with one attached hydrogen (secondary N) is 1. The van der Waals surface area contributed by atoms with E-state index in [1.54, 1.807) is 0 Å². The highest BCUT2D eigenvalue weighted by molar-refractivity contribution is 5.15. The molecule has 0 unspecified atom stereocenters. The lowest BCUT2D eigenvalue weighted by Gasteiger charge is -2.60. The van der Waals surface area contributed by atoms with Crippen molar-refractivity contribution in [1.82, 2.24) is 10.3 Å². The topological polar surface area (TPSA) is 45.1 Å². The van der Waals surface area contributed by atoms with Crippen LogP contribution in [0.1, 0.15) is 44.1 Å². The van der Waals surface area contributed by atoms with Gasteiger partial charge >= 0.3 is 0 Å². The van der Waals surface area contributed by atoms with Crippen molar-refractivity contribution in [2.24, 2.45) is 11.8 Å². The quantitative estimate of drug-likeness (QED) is 0.874. The number of rotatable bonds is 3. The molecule has 0 aliphatic heterocycles. The lowest BCUT2D eigenvalue weighted by molar-refractivity contribution is -0.142. The maximum atomic E-state index is 10.7. The van der Waals surface area contributed by atoms with Crippen molar-refractivity contribution in [1.29, 1.82) is 0 Å². The van der Waals surface area contributed by atoms with E-state index < -0.39 is 0 Å². The Labute approximate surface area is 114 Å². The Morgan fingerprint density at radius 2 is 1.84 bits per heavy atom. The summed E-state index contributed by atoms with van der Waals surface area (Å²) in [4.78, 5) is 4.06. The van der Waals surface area contributed by atoms with Gasteiger partial charge in [-0.1, -0.05) is 0 Å². The molecular formula is C16H22N2O. The van der Waals surface area contributed by atoms with Crippen molar-refractivity contribution >= 4 is 0 Å². The van der Waals surface area contributed by atoms with Crippen LogP contribution in [0, 0.1) is 11.8 Å². The van der Waals surface area contributed by atoms with Crippen molar-refractivity contribution in [3.8, 4) is 0 Å². The Balaban J connectivity index is 1.51. The first-order valence-corrected chi connectivity index (χ1v) is 7.51. The second-order valence-electron chi connectivity index (χ2n) is 7.17. The lowest BCUT2D eigenvalue weighted by atomic mass is 9.51. The van der Waals surface area contributed by atoms with E-state index in [9.17, 15) is 5.11 Å². The van der Waals surface area contributed by atoms with Gasteiger partial charge in [-0.05, 0) is 68.1 Å². The number of hydrogen-bond acceptors (Lipinski definition) is 3. The van der Waals surface area contributed by atoms with Crippen LogP contribution >= 0.6 is 0 Å². The minimum atomic E-state index is -0.366. The van der Waals surface area contributed by atoms with Gasteiger partial charge in [-0.3, -0.25) is 4.98 Å². The van der Waals surface area contributed by atoms with Gasteiger partial charge in [-0.2, -0.15) is 0 Å². The standard InChI is InChI=1S/C16H22N2O/c19-16-8-13-5-14(9-16)7-15(6-13,11-16)18-10-12-1-3-17-4-2-12/h1-4,13-14,18-19H,5-11H2/t13-,14-,15?,16?/m1/s1. The van der Waals surface area contributed by atoms with E-state index in [4.69, 9.17) is 0 Å². The van der Waals surface area contributed by atoms with Crippen LogP contribution in [0.15, 0.2) is 24.5 Å². The molecule has 1 aromatic heterocycles. The molecule has 102 valence electrons. The van der Waals surface area contributed by atoms with E-state index in [0.717, 1.165) is 37.6 Å². The average molecular weight is 258 g/mol. The summed E-state index contributed by atoms with van der Waals surface area (Å²) in [7, 11) is 0. The second kappa shape index (κ2) is 4.03. The Morgan fingerprint density at radius 3 is 2.47 bits per heavy atom. The molecule has 4 aliphatic carbocycles. The van der Waals surface area contributed by atoms with Crippen LogP contribution in [-0.4, -0.2) is 21.2 Å². The minimum absolute atomic E-state index is 0.197. The van der Waals surface area contributed by atoms with E-state index in [-0.39, 0.29) is 11.1 Å². The Morgan fingerprint density at radius 1 is 1.16 bits per heavy atom. The molecule has 3 heteroatoms. The van der Waals surface area contributed by atoms with Gasteiger partial charge in [-0.25, -0.2) is 0 Å². The third-order valence-corrected chi connectivity index (χ3v) is 5.45. The smallest absolute Gasteiger partial charge is 0.0670 e. The van der Waals surface area contributed by atoms with E-state index in [1.165, 1.54) is 24.8 Å². The summed E-state index contributed by atoms with van der Waals surface area (Å²) in [5.41, 5.74) is 1.12. The van der Waals surface area contributed by atoms with E-state index in [1.807, 2.05) is 12.4 Å². The molecule has 4 bridgehead atoms. The van der Waals surface area contributed by atoms with Crippen LogP contribution in [0.5, 0.6) is 0 Å². The van der Waals surface area contributed by atoms with Crippen LogP contribution in [0.4, 0.5) is 0 Å². The first-order chi connectivity index (χ1) is 9.15. The molecule has 0 aromatic carbocycles. The molecule has 3 nitrogen and oxygen atoms in total. The molecule has 4 aliphatic rings. The summed E-state index contributed by atoms with van der Waals surface area (Å²) in [6.07, 6.45) is 10.6. The van der Waals surface area contributed by atoms with Crippen molar-refractivity contribution < 1.29 is 5.11 Å². The van der Waals surface area contributed by atoms with E-state index >= 15 is 0 Å². The number of aromatic nitrogens is 1. The van der Waals surface area contributed by atoms with Crippen molar-refractivity contribution in [3.63, 3.8) is 0 Å². The van der Waals surface area contributed by atoms with Crippen molar-refractivity contribution in [2.75, 3.05) is 0 Å². The number of hydrogen-bond donors (Lipinski definition) is 2. The molecule has 0 radical (unpaired) electrons. The van der Waals surface area contributed by atoms with Gasteiger partial charge in [0.25, 0.3) is 0 Å². The molecule has 0 amide bonds. The zero-order valence-corrected chi connectivity index (χ0v) is 11.3. The molecule has 4 saturated carbocycles. The highest BCUT2D eigenvalue weighted by Gasteiger charge is 2.56. The monoisotopic (exact) mass is 258 g/mol. The largest absolute Gasteiger partial charge is 0.390 e. The van der Waals surface area contributed by atoms with Gasteiger partial charge in [0.1, 0.15) is 0 Å². The normalized spacial score (nSPS) is 43.6. The van der Waals surface area contributed by atoms with Crippen LogP contribution in [0.25, 0.3) is 0 Å². The van der Waals surface area contributed by atoms with Gasteiger partial charge < -0.3 is 10.4 Å². The lowest BCUT2D eigenvalue weighted by Crippen LogP contribution is -2.64. The molecular weight excluding hydrogens is 236 g/mol. The van der Waals surface area contributed by atoms with E-state index in [2.05, 4.69) is 22.4 Å². The molecule has 5 rings (SSSR count). The predicted octanol–water partition coefficient (Wildman–Crippen LogP) is 2.25. The van der Waals surface area contributed by atoms with Crippen LogP contribution in [-0.2, 0) is 6.54 Å². The van der Waals surface area contributed by atoms with Gasteiger partial charge in [0.05, 0.1) is 5.60 Å². The van der Waals surface area contributed by atoms with Crippen LogP contribution < -0.4 is 5.32 Å². The number of pyridine rings is 1. The SMILES string of the molecule is OC12C[C@@H]3C[C@@H](C1)CC(NCc1ccncc1)(C3)C2. The maximum Gasteiger partial charge on any atom is 0.0670 e. The highest BCUT2D eigenvalue weighted by Crippen LogP contribution is 2.57. The zero-order chi connectivity index (χ0) is 12.9. The fourth-order valence-corrected chi connectivity index (χ4v) is 5.21. The highest BCUT2D eigenvalue weighted by atomic mass is 16.3. The zero-order valence-electron chi connectivity index (χ0n) is 11.3. The first kappa shape index (κ1) is 11.9. The fraction of sp³-hybridized carbons (Fsp3) is 0.688. The van der Waals surface area contributed by atoms with Crippen LogP contribution in [0.2, 0.25) is 0 Å². The maximum absolute atomic E-state index is 10.7. The number of aliphatic hydroxyl groups is 1. The molecule has 19 heavy (non-hydrogen) atoms. The van der Waals surface area contributed by atoms with Crippen molar-refractivity contribution in [2.45, 2.75) is 56.2 Å². The minimum Gasteiger partial charge on any atom is -0.390 e. The molecule has 4 fully saturated rings. The first-order valence-electron chi connectivity index (χ1n) is 7.51. The van der Waals surface area contributed by atoms with Gasteiger partial charge in [0.15, 0.2) is 0 Å². The number of nitrogens with zero attached hydrogens (tertiary/aromatic N) is 1. The molecule has 2 atom stereocenters. The third kappa shape index (κ3) is 2.09. The average Bonchev–Trinajstić information content (AvgIpc) is 2.35. The molecule has 1 heterocycles. The Kier molecular flexibility index (Phi) is 2.52.